The van der Waals surface area contributed by atoms with Crippen molar-refractivity contribution in [2.75, 3.05) is 65.7 Å². The minimum Gasteiger partial charge on any atom is -0.481 e. The van der Waals surface area contributed by atoms with Gasteiger partial charge in [0.2, 0.25) is 29.5 Å². The molecule has 1 unspecified atom stereocenters. The number of aliphatic carboxylic acids is 1. The van der Waals surface area contributed by atoms with E-state index in [0.717, 1.165) is 6.42 Å². The first-order chi connectivity index (χ1) is 35.8. The summed E-state index contributed by atoms with van der Waals surface area (Å²) in [5, 5.41) is 128. The van der Waals surface area contributed by atoms with E-state index in [2.05, 4.69) is 31.9 Å². The highest BCUT2D eigenvalue weighted by atomic mass is 16.7. The monoisotopic (exact) mass is 1090 g/mol. The zero-order valence-electron chi connectivity index (χ0n) is 42.3. The van der Waals surface area contributed by atoms with Gasteiger partial charge in [0.05, 0.1) is 39.5 Å². The lowest BCUT2D eigenvalue weighted by molar-refractivity contribution is -0.366. The zero-order valence-corrected chi connectivity index (χ0v) is 42.3. The van der Waals surface area contributed by atoms with Crippen molar-refractivity contribution >= 4 is 35.5 Å². The van der Waals surface area contributed by atoms with Crippen LogP contribution in [-0.4, -0.2) is 256 Å². The first-order valence-electron chi connectivity index (χ1n) is 25.6. The number of carboxylic acid groups (broad SMARTS) is 1. The number of hydrogen-bond acceptors (Lipinski definition) is 23. The van der Waals surface area contributed by atoms with E-state index in [0.29, 0.717) is 71.0 Å². The zero-order chi connectivity index (χ0) is 55.5. The van der Waals surface area contributed by atoms with E-state index in [-0.39, 0.29) is 87.5 Å². The lowest BCUT2D eigenvalue weighted by Crippen LogP contribution is -2.65. The fraction of sp³-hybridized carbons (Fsp3) is 0.870. The molecule has 29 heteroatoms. The summed E-state index contributed by atoms with van der Waals surface area (Å²) in [6, 6.07) is -0.107. The number of carboxylic acids is 1. The van der Waals surface area contributed by atoms with Gasteiger partial charge in [-0.05, 0) is 64.8 Å². The van der Waals surface area contributed by atoms with E-state index >= 15 is 0 Å². The van der Waals surface area contributed by atoms with Crippen LogP contribution in [-0.2, 0) is 57.2 Å². The summed E-state index contributed by atoms with van der Waals surface area (Å²) < 4.78 is 33.3. The Balaban J connectivity index is 1.27. The number of hydrogen-bond donors (Lipinski definition) is 17. The third-order valence-electron chi connectivity index (χ3n) is 12.5. The van der Waals surface area contributed by atoms with Gasteiger partial charge in [0, 0.05) is 51.4 Å². The third-order valence-corrected chi connectivity index (χ3v) is 12.5. The van der Waals surface area contributed by atoms with Crippen molar-refractivity contribution in [1.29, 1.82) is 0 Å². The van der Waals surface area contributed by atoms with Crippen LogP contribution in [0, 0.1) is 0 Å². The Morgan fingerprint density at radius 3 is 1.63 bits per heavy atom. The van der Waals surface area contributed by atoms with Crippen LogP contribution in [0.3, 0.4) is 0 Å². The average Bonchev–Trinajstić information content (AvgIpc) is 3.37. The van der Waals surface area contributed by atoms with Gasteiger partial charge in [-0.1, -0.05) is 6.42 Å². The minimum atomic E-state index is -1.92. The summed E-state index contributed by atoms with van der Waals surface area (Å²) in [5.74, 6) is -2.23. The lowest BCUT2D eigenvalue weighted by Gasteiger charge is -2.46. The van der Waals surface area contributed by atoms with Crippen LogP contribution < -0.4 is 31.9 Å². The Morgan fingerprint density at radius 2 is 1.00 bits per heavy atom. The van der Waals surface area contributed by atoms with Crippen molar-refractivity contribution < 1.29 is 113 Å². The van der Waals surface area contributed by atoms with Crippen LogP contribution in [0.4, 0.5) is 0 Å². The Bertz CT molecular complexity index is 1710. The fourth-order valence-electron chi connectivity index (χ4n) is 8.09. The average molecular weight is 1090 g/mol. The second-order valence-corrected chi connectivity index (χ2v) is 18.7. The van der Waals surface area contributed by atoms with Gasteiger partial charge in [-0.15, -0.1) is 0 Å². The molecule has 0 aromatic carbocycles. The molecule has 3 saturated heterocycles. The summed E-state index contributed by atoms with van der Waals surface area (Å²) in [6.07, 6.45) is -19.7. The molecule has 29 nitrogen and oxygen atoms in total. The van der Waals surface area contributed by atoms with Crippen molar-refractivity contribution in [3.63, 3.8) is 0 Å². The molecule has 75 heavy (non-hydrogen) atoms. The van der Waals surface area contributed by atoms with Crippen LogP contribution in [0.5, 0.6) is 0 Å². The van der Waals surface area contributed by atoms with E-state index < -0.39 is 118 Å². The lowest BCUT2D eigenvalue weighted by atomic mass is 9.96. The number of carbonyl (C=O) groups excluding carboxylic acids is 5. The Labute approximate surface area is 434 Å². The SMILES string of the molecule is CC(CCCCNC(=O)CCCCC(=O)NCCO[C@H]1O[C@H](CO[C@H]2O[C@H](CO)[C@@H](O)[C@H](O)[C@@H]2O)[C@@H](O)[C@H](O[C@H]2O[C@H](CO)[C@@H](O)[C@H](O)[C@@H]2O)[C@@H]1O)NC(=O)CNCCCC(=O)NCC(=O)NCCCCCC(=O)O. The second-order valence-electron chi connectivity index (χ2n) is 18.7. The highest BCUT2D eigenvalue weighted by Crippen LogP contribution is 2.31. The first-order valence-corrected chi connectivity index (χ1v) is 25.6. The van der Waals surface area contributed by atoms with Gasteiger partial charge >= 0.3 is 5.97 Å². The molecule has 0 aromatic rings. The van der Waals surface area contributed by atoms with Crippen LogP contribution in [0.15, 0.2) is 0 Å². The number of amides is 5. The number of ether oxygens (including phenoxy) is 6. The summed E-state index contributed by atoms with van der Waals surface area (Å²) in [5.41, 5.74) is 0. The predicted octanol–water partition coefficient (Wildman–Crippen LogP) is -6.83. The Morgan fingerprint density at radius 1 is 0.480 bits per heavy atom. The van der Waals surface area contributed by atoms with Crippen molar-refractivity contribution in [3.05, 3.63) is 0 Å². The summed E-state index contributed by atoms with van der Waals surface area (Å²) in [4.78, 5) is 71.6. The number of rotatable bonds is 36. The Hall–Kier alpha value is -3.86. The van der Waals surface area contributed by atoms with Crippen molar-refractivity contribution in [2.45, 2.75) is 189 Å². The smallest absolute Gasteiger partial charge is 0.303 e. The topological polar surface area (TPSA) is 453 Å². The minimum absolute atomic E-state index is 0.0681. The predicted molar refractivity (Wildman–Crippen MR) is 255 cm³/mol. The van der Waals surface area contributed by atoms with Gasteiger partial charge in [0.25, 0.3) is 0 Å². The van der Waals surface area contributed by atoms with Crippen molar-refractivity contribution in [2.24, 2.45) is 0 Å². The largest absolute Gasteiger partial charge is 0.481 e. The van der Waals surface area contributed by atoms with Crippen molar-refractivity contribution in [3.8, 4) is 0 Å². The summed E-state index contributed by atoms with van der Waals surface area (Å²) in [7, 11) is 0. The maximum Gasteiger partial charge on any atom is 0.303 e. The number of nitrogens with one attached hydrogen (secondary N) is 6. The molecule has 0 aromatic heterocycles. The summed E-state index contributed by atoms with van der Waals surface area (Å²) in [6.45, 7) is 0.490. The molecule has 3 fully saturated rings. The molecule has 3 heterocycles. The van der Waals surface area contributed by atoms with Gasteiger partial charge in [-0.3, -0.25) is 28.8 Å². The van der Waals surface area contributed by atoms with E-state index in [1.54, 1.807) is 0 Å². The first kappa shape index (κ1) is 65.4. The third kappa shape index (κ3) is 23.7. The molecule has 0 bridgehead atoms. The molecular weight excluding hydrogens is 1000 g/mol. The number of carbonyl (C=O) groups is 6. The van der Waals surface area contributed by atoms with Crippen LogP contribution in [0.2, 0.25) is 0 Å². The standard InChI is InChI=1S/C46H82N6O23/c1-25(52-33(59)20-47-15-9-13-31(57)51-21-32(58)49-16-7-2-3-14-34(60)61)10-6-8-17-48-29(55)11-4-5-12-30(56)50-18-19-70-45-42(69)43(75-46-41(68)39(66)36(63)27(23-54)73-46)37(64)28(74-45)24-71-44-40(67)38(65)35(62)26(22-53)72-44/h25-28,35-47,53-54,62-69H,2-24H2,1H3,(H,48,55)(H,49,58)(H,50,56)(H,51,57)(H,52,59)(H,60,61)/t25?,26-,27-,28-,35-,36-,37-,38+,39+,40+,41+,42+,43+,44+,45+,46-/m1/s1. The van der Waals surface area contributed by atoms with Gasteiger partial charge in [-0.2, -0.15) is 0 Å². The van der Waals surface area contributed by atoms with Crippen LogP contribution in [0.25, 0.3) is 0 Å². The number of unbranched alkanes of at least 4 members (excludes halogenated alkanes) is 4. The van der Waals surface area contributed by atoms with Crippen molar-refractivity contribution in [1.82, 2.24) is 31.9 Å². The molecule has 0 saturated carbocycles. The van der Waals surface area contributed by atoms with E-state index in [1.165, 1.54) is 0 Å². The molecule has 0 radical (unpaired) electrons. The normalized spacial score (nSPS) is 30.2. The molecule has 0 aliphatic carbocycles. The molecule has 434 valence electrons. The maximum atomic E-state index is 12.6. The molecule has 3 aliphatic heterocycles. The highest BCUT2D eigenvalue weighted by molar-refractivity contribution is 5.84. The highest BCUT2D eigenvalue weighted by Gasteiger charge is 2.52. The van der Waals surface area contributed by atoms with Gasteiger partial charge < -0.3 is 116 Å². The molecule has 0 spiro atoms. The van der Waals surface area contributed by atoms with Crippen LogP contribution in [0.1, 0.15) is 90.4 Å². The summed E-state index contributed by atoms with van der Waals surface area (Å²) >= 11 is 0. The molecule has 5 amide bonds. The molecular formula is C46H82N6O23. The number of aliphatic hydroxyl groups is 10. The van der Waals surface area contributed by atoms with Gasteiger partial charge in [0.15, 0.2) is 18.9 Å². The number of aliphatic hydroxyl groups excluding tert-OH is 10. The van der Waals surface area contributed by atoms with E-state index in [9.17, 15) is 79.8 Å². The van der Waals surface area contributed by atoms with Gasteiger partial charge in [-0.25, -0.2) is 0 Å². The molecule has 17 N–H and O–H groups in total. The fourth-order valence-corrected chi connectivity index (χ4v) is 8.09. The van der Waals surface area contributed by atoms with E-state index in [4.69, 9.17) is 33.5 Å². The molecule has 16 atom stereocenters. The van der Waals surface area contributed by atoms with Gasteiger partial charge in [0.1, 0.15) is 73.2 Å². The molecule has 3 aliphatic rings. The maximum absolute atomic E-state index is 12.6. The Kier molecular flexibility index (Phi) is 31.0. The van der Waals surface area contributed by atoms with Crippen LogP contribution >= 0.6 is 0 Å². The quantitative estimate of drug-likeness (QED) is 0.0259. The molecule has 3 rings (SSSR count). The second kappa shape index (κ2) is 35.5. The van der Waals surface area contributed by atoms with E-state index in [1.807, 2.05) is 6.92 Å².